The molecule has 0 bridgehead atoms. The number of hydrogen-bond acceptors (Lipinski definition) is 4. The van der Waals surface area contributed by atoms with Crippen molar-refractivity contribution >= 4 is 19.9 Å². The lowest BCUT2D eigenvalue weighted by atomic mass is 10.0. The van der Waals surface area contributed by atoms with E-state index >= 15 is 0 Å². The van der Waals surface area contributed by atoms with E-state index in [1.165, 1.54) is 28.6 Å². The lowest BCUT2D eigenvalue weighted by molar-refractivity contribution is 0.204. The van der Waals surface area contributed by atoms with E-state index in [0.717, 1.165) is 25.5 Å². The van der Waals surface area contributed by atoms with Crippen molar-refractivity contribution in [1.29, 1.82) is 0 Å². The molecule has 1 aliphatic heterocycles. The van der Waals surface area contributed by atoms with Crippen molar-refractivity contribution in [3.63, 3.8) is 0 Å². The molecule has 0 N–H and O–H groups in total. The molecule has 2 rings (SSSR count). The Hall–Kier alpha value is -0.920. The van der Waals surface area contributed by atoms with Gasteiger partial charge in [0, 0.05) is 18.3 Å². The predicted octanol–water partition coefficient (Wildman–Crippen LogP) is 2.04. The first-order chi connectivity index (χ1) is 9.64. The molecule has 2 unspecified atom stereocenters. The van der Waals surface area contributed by atoms with Crippen molar-refractivity contribution in [3.05, 3.63) is 24.3 Å². The summed E-state index contributed by atoms with van der Waals surface area (Å²) in [6.45, 7) is 3.79. The third kappa shape index (κ3) is 3.30. The fourth-order valence-corrected chi connectivity index (χ4v) is 5.53. The first-order valence-electron chi connectivity index (χ1n) is 6.97. The van der Waals surface area contributed by atoms with Gasteiger partial charge >= 0.3 is 0 Å². The molecule has 118 valence electrons. The van der Waals surface area contributed by atoms with Crippen LogP contribution in [0.3, 0.4) is 0 Å². The van der Waals surface area contributed by atoms with Crippen LogP contribution in [-0.2, 0) is 19.9 Å². The van der Waals surface area contributed by atoms with Crippen molar-refractivity contribution in [2.75, 3.05) is 6.26 Å². The number of sulfone groups is 1. The van der Waals surface area contributed by atoms with Gasteiger partial charge in [-0.25, -0.2) is 16.8 Å². The highest BCUT2D eigenvalue weighted by molar-refractivity contribution is 7.91. The molecule has 1 saturated heterocycles. The molecule has 1 heterocycles. The van der Waals surface area contributed by atoms with Crippen LogP contribution < -0.4 is 0 Å². The van der Waals surface area contributed by atoms with Gasteiger partial charge in [-0.15, -0.1) is 0 Å². The Morgan fingerprint density at radius 2 is 1.52 bits per heavy atom. The van der Waals surface area contributed by atoms with Crippen LogP contribution in [0.4, 0.5) is 0 Å². The summed E-state index contributed by atoms with van der Waals surface area (Å²) >= 11 is 0. The molecule has 0 aliphatic carbocycles. The van der Waals surface area contributed by atoms with E-state index in [0.29, 0.717) is 0 Å². The fraction of sp³-hybridized carbons (Fsp3) is 0.571. The van der Waals surface area contributed by atoms with Crippen molar-refractivity contribution in [2.24, 2.45) is 0 Å². The van der Waals surface area contributed by atoms with Crippen LogP contribution in [0.5, 0.6) is 0 Å². The van der Waals surface area contributed by atoms with Crippen LogP contribution >= 0.6 is 0 Å². The summed E-state index contributed by atoms with van der Waals surface area (Å²) in [5.74, 6) is 0. The predicted molar refractivity (Wildman–Crippen MR) is 81.4 cm³/mol. The maximum Gasteiger partial charge on any atom is 0.243 e. The molecule has 2 atom stereocenters. The molecule has 21 heavy (non-hydrogen) atoms. The summed E-state index contributed by atoms with van der Waals surface area (Å²) in [5.41, 5.74) is 0. The molecule has 0 radical (unpaired) electrons. The number of nitrogens with zero attached hydrogens (tertiary/aromatic N) is 1. The molecule has 1 fully saturated rings. The van der Waals surface area contributed by atoms with Gasteiger partial charge in [-0.1, -0.05) is 12.5 Å². The smallest absolute Gasteiger partial charge is 0.224 e. The summed E-state index contributed by atoms with van der Waals surface area (Å²) in [6.07, 6.45) is 3.74. The van der Waals surface area contributed by atoms with Gasteiger partial charge in [-0.05, 0) is 44.9 Å². The van der Waals surface area contributed by atoms with Crippen molar-refractivity contribution in [1.82, 2.24) is 4.31 Å². The molecule has 0 aromatic heterocycles. The number of benzene rings is 1. The zero-order valence-electron chi connectivity index (χ0n) is 12.5. The Balaban J connectivity index is 2.49. The fourth-order valence-electron chi connectivity index (χ4n) is 2.86. The number of piperidine rings is 1. The molecular formula is C14H21NO4S2. The second kappa shape index (κ2) is 5.70. The maximum atomic E-state index is 12.8. The Morgan fingerprint density at radius 3 is 2.05 bits per heavy atom. The summed E-state index contributed by atoms with van der Waals surface area (Å²) in [6, 6.07) is 5.46. The highest BCUT2D eigenvalue weighted by atomic mass is 32.2. The topological polar surface area (TPSA) is 71.5 Å². The van der Waals surface area contributed by atoms with Crippen molar-refractivity contribution in [3.8, 4) is 0 Å². The van der Waals surface area contributed by atoms with E-state index in [4.69, 9.17) is 0 Å². The number of hydrogen-bond donors (Lipinski definition) is 0. The third-order valence-electron chi connectivity index (χ3n) is 3.92. The van der Waals surface area contributed by atoms with E-state index in [-0.39, 0.29) is 21.9 Å². The van der Waals surface area contributed by atoms with E-state index in [9.17, 15) is 16.8 Å². The van der Waals surface area contributed by atoms with Gasteiger partial charge in [-0.2, -0.15) is 4.31 Å². The average molecular weight is 331 g/mol. The standard InChI is InChI=1S/C14H21NO4S2/c1-11-6-4-7-12(2)15(11)21(18,19)14-9-5-8-13(10-14)20(3,16)17/h5,8-12H,4,6-7H2,1-3H3. The Labute approximate surface area is 126 Å². The van der Waals surface area contributed by atoms with Gasteiger partial charge in [0.15, 0.2) is 9.84 Å². The van der Waals surface area contributed by atoms with Crippen LogP contribution in [0, 0.1) is 0 Å². The normalized spacial score (nSPS) is 24.9. The van der Waals surface area contributed by atoms with Crippen LogP contribution in [0.25, 0.3) is 0 Å². The number of rotatable bonds is 3. The second-order valence-corrected chi connectivity index (χ2v) is 9.57. The zero-order chi connectivity index (χ0) is 15.8. The monoisotopic (exact) mass is 331 g/mol. The molecule has 0 spiro atoms. The van der Waals surface area contributed by atoms with Gasteiger partial charge < -0.3 is 0 Å². The van der Waals surface area contributed by atoms with E-state index in [1.54, 1.807) is 0 Å². The second-order valence-electron chi connectivity index (χ2n) is 5.71. The minimum absolute atomic E-state index is 0.0286. The van der Waals surface area contributed by atoms with Crippen LogP contribution in [-0.4, -0.2) is 39.5 Å². The highest BCUT2D eigenvalue weighted by Crippen LogP contribution is 2.30. The Bertz CT molecular complexity index is 715. The largest absolute Gasteiger partial charge is 0.243 e. The Kier molecular flexibility index (Phi) is 4.46. The van der Waals surface area contributed by atoms with Gasteiger partial charge in [-0.3, -0.25) is 0 Å². The van der Waals surface area contributed by atoms with Crippen LogP contribution in [0.2, 0.25) is 0 Å². The van der Waals surface area contributed by atoms with E-state index in [1.807, 2.05) is 13.8 Å². The molecule has 1 aromatic rings. The summed E-state index contributed by atoms with van der Waals surface area (Å²) in [4.78, 5) is 0.0758. The first kappa shape index (κ1) is 16.5. The molecule has 1 aromatic carbocycles. The van der Waals surface area contributed by atoms with Crippen molar-refractivity contribution < 1.29 is 16.8 Å². The van der Waals surface area contributed by atoms with E-state index < -0.39 is 19.9 Å². The lowest BCUT2D eigenvalue weighted by Crippen LogP contribution is -2.47. The molecule has 5 nitrogen and oxygen atoms in total. The van der Waals surface area contributed by atoms with Gasteiger partial charge in [0.2, 0.25) is 10.0 Å². The Morgan fingerprint density at radius 1 is 1.00 bits per heavy atom. The van der Waals surface area contributed by atoms with Crippen LogP contribution in [0.15, 0.2) is 34.1 Å². The van der Waals surface area contributed by atoms with E-state index in [2.05, 4.69) is 0 Å². The van der Waals surface area contributed by atoms with Gasteiger partial charge in [0.1, 0.15) is 0 Å². The SMILES string of the molecule is CC1CCCC(C)N1S(=O)(=O)c1cccc(S(C)(=O)=O)c1. The molecule has 0 saturated carbocycles. The maximum absolute atomic E-state index is 12.8. The summed E-state index contributed by atoms with van der Waals surface area (Å²) < 4.78 is 50.4. The molecule has 7 heteroatoms. The minimum Gasteiger partial charge on any atom is -0.224 e. The first-order valence-corrected chi connectivity index (χ1v) is 10.3. The zero-order valence-corrected chi connectivity index (χ0v) is 14.1. The summed E-state index contributed by atoms with van der Waals surface area (Å²) in [5, 5.41) is 0. The molecule has 0 amide bonds. The van der Waals surface area contributed by atoms with Crippen molar-refractivity contribution in [2.45, 2.75) is 55.0 Å². The minimum atomic E-state index is -3.67. The highest BCUT2D eigenvalue weighted by Gasteiger charge is 2.35. The molecular weight excluding hydrogens is 310 g/mol. The number of sulfonamides is 1. The van der Waals surface area contributed by atoms with Crippen LogP contribution in [0.1, 0.15) is 33.1 Å². The third-order valence-corrected chi connectivity index (χ3v) is 7.16. The average Bonchev–Trinajstić information content (AvgIpc) is 2.37. The lowest BCUT2D eigenvalue weighted by Gasteiger charge is -2.37. The molecule has 1 aliphatic rings. The summed E-state index contributed by atoms with van der Waals surface area (Å²) in [7, 11) is -7.10. The van der Waals surface area contributed by atoms with Gasteiger partial charge in [0.25, 0.3) is 0 Å². The van der Waals surface area contributed by atoms with Gasteiger partial charge in [0.05, 0.1) is 9.79 Å². The quantitative estimate of drug-likeness (QED) is 0.850.